The largest absolute Gasteiger partial charge is 0.465 e. The van der Waals surface area contributed by atoms with Crippen molar-refractivity contribution in [3.63, 3.8) is 0 Å². The number of hydrogen-bond acceptors (Lipinski definition) is 9. The number of ether oxygens (including phenoxy) is 3. The second-order valence-electron chi connectivity index (χ2n) is 6.97. The Kier molecular flexibility index (Phi) is 8.42. The molecule has 0 bridgehead atoms. The Bertz CT molecular complexity index is 1080. The zero-order valence-electron chi connectivity index (χ0n) is 19.1. The van der Waals surface area contributed by atoms with Gasteiger partial charge in [-0.1, -0.05) is 43.0 Å². The van der Waals surface area contributed by atoms with E-state index in [9.17, 15) is 14.4 Å². The van der Waals surface area contributed by atoms with Gasteiger partial charge in [0, 0.05) is 16.5 Å². The van der Waals surface area contributed by atoms with Gasteiger partial charge in [0.1, 0.15) is 10.8 Å². The molecule has 0 fully saturated rings. The lowest BCUT2D eigenvalue weighted by molar-refractivity contribution is -0.156. The van der Waals surface area contributed by atoms with Crippen molar-refractivity contribution < 1.29 is 28.6 Å². The van der Waals surface area contributed by atoms with Crippen molar-refractivity contribution in [1.82, 2.24) is 4.98 Å². The second-order valence-corrected chi connectivity index (χ2v) is 9.53. The van der Waals surface area contributed by atoms with Gasteiger partial charge in [-0.15, -0.1) is 11.8 Å². The van der Waals surface area contributed by atoms with Gasteiger partial charge in [-0.2, -0.15) is 0 Å². The molecule has 0 aliphatic carbocycles. The number of nitrogens with zero attached hydrogens (tertiary/aromatic N) is 1. The van der Waals surface area contributed by atoms with E-state index >= 15 is 0 Å². The monoisotopic (exact) mass is 489 g/mol. The number of hydrogen-bond donors (Lipinski definition) is 0. The lowest BCUT2D eigenvalue weighted by atomic mass is 9.85. The fourth-order valence-electron chi connectivity index (χ4n) is 3.82. The van der Waals surface area contributed by atoms with Crippen LogP contribution in [0.25, 0.3) is 10.8 Å². The number of rotatable bonds is 9. The van der Waals surface area contributed by atoms with Crippen LogP contribution < -0.4 is 0 Å². The molecule has 0 saturated heterocycles. The molecule has 0 N–H and O–H groups in total. The van der Waals surface area contributed by atoms with Gasteiger partial charge in [0.15, 0.2) is 4.75 Å². The van der Waals surface area contributed by atoms with Crippen molar-refractivity contribution in [2.24, 2.45) is 5.92 Å². The number of aromatic nitrogens is 1. The average molecular weight is 490 g/mol. The van der Waals surface area contributed by atoms with Crippen molar-refractivity contribution in [2.45, 2.75) is 32.4 Å². The van der Waals surface area contributed by atoms with E-state index in [-0.39, 0.29) is 24.7 Å². The maximum atomic E-state index is 13.7. The standard InChI is InChI=1S/C24H27NO6S2/c1-5-29-21(26)17-18(32-8-4)19(22(27)30-6-2)33-24(17,23(28)31-7-3)20-16-12-10-9-11-15(16)13-14-25-20/h9-14,17H,5-8H2,1-4H3. The third-order valence-electron chi connectivity index (χ3n) is 5.04. The lowest BCUT2D eigenvalue weighted by Gasteiger charge is -2.32. The van der Waals surface area contributed by atoms with Crippen LogP contribution in [0.1, 0.15) is 33.4 Å². The van der Waals surface area contributed by atoms with E-state index in [2.05, 4.69) is 4.98 Å². The minimum Gasteiger partial charge on any atom is -0.465 e. The molecule has 9 heteroatoms. The summed E-state index contributed by atoms with van der Waals surface area (Å²) in [6.07, 6.45) is 1.59. The minimum atomic E-state index is -1.64. The van der Waals surface area contributed by atoms with Crippen LogP contribution in [-0.2, 0) is 33.3 Å². The summed E-state index contributed by atoms with van der Waals surface area (Å²) in [5, 5.41) is 1.55. The van der Waals surface area contributed by atoms with E-state index in [4.69, 9.17) is 14.2 Å². The SMILES string of the molecule is CCOC(=O)C1=C(SCC)C(C(=O)OCC)C(C(=O)OCC)(c2nccc3ccccc23)S1. The van der Waals surface area contributed by atoms with Gasteiger partial charge in [-0.05, 0) is 38.0 Å². The van der Waals surface area contributed by atoms with Gasteiger partial charge >= 0.3 is 17.9 Å². The number of fused-ring (bicyclic) bond motifs is 1. The molecule has 7 nitrogen and oxygen atoms in total. The molecule has 0 radical (unpaired) electrons. The molecule has 0 amide bonds. The quantitative estimate of drug-likeness (QED) is 0.374. The van der Waals surface area contributed by atoms with Gasteiger partial charge < -0.3 is 14.2 Å². The zero-order chi connectivity index (χ0) is 24.0. The predicted octanol–water partition coefficient (Wildman–Crippen LogP) is 4.45. The van der Waals surface area contributed by atoms with E-state index in [1.807, 2.05) is 37.3 Å². The molecule has 33 heavy (non-hydrogen) atoms. The van der Waals surface area contributed by atoms with Crippen molar-refractivity contribution in [3.05, 3.63) is 52.0 Å². The van der Waals surface area contributed by atoms with Crippen molar-refractivity contribution in [3.8, 4) is 0 Å². The number of carbonyl (C=O) groups is 3. The molecule has 1 aromatic carbocycles. The molecular weight excluding hydrogens is 462 g/mol. The normalized spacial score (nSPS) is 20.1. The minimum absolute atomic E-state index is 0.104. The second kappa shape index (κ2) is 11.1. The third-order valence-corrected chi connectivity index (χ3v) is 7.72. The van der Waals surface area contributed by atoms with E-state index in [1.54, 1.807) is 27.0 Å². The molecule has 2 heterocycles. The van der Waals surface area contributed by atoms with Gasteiger partial charge in [-0.3, -0.25) is 14.6 Å². The molecule has 0 saturated carbocycles. The van der Waals surface area contributed by atoms with Crippen LogP contribution in [0.5, 0.6) is 0 Å². The summed E-state index contributed by atoms with van der Waals surface area (Å²) in [5.74, 6) is -2.37. The Hall–Kier alpha value is -2.52. The maximum absolute atomic E-state index is 13.7. The molecule has 2 atom stereocenters. The highest BCUT2D eigenvalue weighted by Gasteiger charge is 2.63. The summed E-state index contributed by atoms with van der Waals surface area (Å²) >= 11 is 2.30. The van der Waals surface area contributed by atoms with Crippen LogP contribution in [0, 0.1) is 5.92 Å². The Morgan fingerprint density at radius 2 is 1.70 bits per heavy atom. The summed E-state index contributed by atoms with van der Waals surface area (Å²) in [7, 11) is 0. The van der Waals surface area contributed by atoms with E-state index in [0.717, 1.165) is 17.1 Å². The van der Waals surface area contributed by atoms with Gasteiger partial charge in [0.2, 0.25) is 0 Å². The van der Waals surface area contributed by atoms with Crippen LogP contribution >= 0.6 is 23.5 Å². The molecule has 1 aromatic heterocycles. The summed E-state index contributed by atoms with van der Waals surface area (Å²) in [6, 6.07) is 9.30. The summed E-state index contributed by atoms with van der Waals surface area (Å²) in [4.78, 5) is 45.4. The van der Waals surface area contributed by atoms with Crippen molar-refractivity contribution in [2.75, 3.05) is 25.6 Å². The smallest absolute Gasteiger partial charge is 0.345 e. The number of thioether (sulfide) groups is 2. The predicted molar refractivity (Wildman–Crippen MR) is 130 cm³/mol. The van der Waals surface area contributed by atoms with Crippen molar-refractivity contribution in [1.29, 1.82) is 0 Å². The zero-order valence-corrected chi connectivity index (χ0v) is 20.7. The molecule has 1 aliphatic rings. The fourth-order valence-corrected chi connectivity index (χ4v) is 6.58. The highest BCUT2D eigenvalue weighted by molar-refractivity contribution is 8.09. The first-order chi connectivity index (χ1) is 16.0. The number of pyridine rings is 1. The molecule has 1 aliphatic heterocycles. The average Bonchev–Trinajstić information content (AvgIpc) is 3.15. The Labute approximate surface area is 201 Å². The Balaban J connectivity index is 2.36. The number of esters is 3. The van der Waals surface area contributed by atoms with Crippen molar-refractivity contribution >= 4 is 52.2 Å². The molecular formula is C24H27NO6S2. The van der Waals surface area contributed by atoms with Crippen LogP contribution in [-0.4, -0.2) is 48.5 Å². The highest BCUT2D eigenvalue weighted by atomic mass is 32.2. The summed E-state index contributed by atoms with van der Waals surface area (Å²) in [6.45, 7) is 7.41. The number of benzene rings is 1. The van der Waals surface area contributed by atoms with Crippen LogP contribution in [0.3, 0.4) is 0 Å². The first kappa shape index (κ1) is 25.1. The third kappa shape index (κ3) is 4.61. The molecule has 2 aromatic rings. The van der Waals surface area contributed by atoms with E-state index in [1.165, 1.54) is 11.8 Å². The van der Waals surface area contributed by atoms with E-state index < -0.39 is 28.6 Å². The Morgan fingerprint density at radius 1 is 1.00 bits per heavy atom. The van der Waals surface area contributed by atoms with Gasteiger partial charge in [-0.25, -0.2) is 4.79 Å². The molecule has 3 rings (SSSR count). The molecule has 176 valence electrons. The van der Waals surface area contributed by atoms with E-state index in [0.29, 0.717) is 21.7 Å². The highest BCUT2D eigenvalue weighted by Crippen LogP contribution is 2.61. The maximum Gasteiger partial charge on any atom is 0.345 e. The number of carbonyl (C=O) groups excluding carboxylic acids is 3. The summed E-state index contributed by atoms with van der Waals surface area (Å²) < 4.78 is 14.6. The topological polar surface area (TPSA) is 91.8 Å². The van der Waals surface area contributed by atoms with Gasteiger partial charge in [0.05, 0.1) is 25.5 Å². The first-order valence-corrected chi connectivity index (χ1v) is 12.7. The lowest BCUT2D eigenvalue weighted by Crippen LogP contribution is -2.44. The Morgan fingerprint density at radius 3 is 2.36 bits per heavy atom. The van der Waals surface area contributed by atoms with Crippen LogP contribution in [0.2, 0.25) is 0 Å². The molecule has 2 unspecified atom stereocenters. The fraction of sp³-hybridized carbons (Fsp3) is 0.417. The summed E-state index contributed by atoms with van der Waals surface area (Å²) in [5.41, 5.74) is 0.357. The molecule has 0 spiro atoms. The first-order valence-electron chi connectivity index (χ1n) is 10.9. The van der Waals surface area contributed by atoms with Gasteiger partial charge in [0.25, 0.3) is 0 Å². The van der Waals surface area contributed by atoms with Crippen LogP contribution in [0.15, 0.2) is 46.3 Å². The van der Waals surface area contributed by atoms with Crippen LogP contribution in [0.4, 0.5) is 0 Å².